The molecule has 1 aromatic heterocycles. The zero-order valence-electron chi connectivity index (χ0n) is 14.6. The van der Waals surface area contributed by atoms with Gasteiger partial charge in [0.1, 0.15) is 5.60 Å². The van der Waals surface area contributed by atoms with Crippen LogP contribution in [0.1, 0.15) is 43.2 Å². The molecule has 1 aliphatic carbocycles. The average molecular weight is 337 g/mol. The Morgan fingerprint density at radius 3 is 2.44 bits per heavy atom. The predicted octanol–water partition coefficient (Wildman–Crippen LogP) is 5.53. The molecule has 1 heterocycles. The summed E-state index contributed by atoms with van der Waals surface area (Å²) >= 11 is 0. The summed E-state index contributed by atoms with van der Waals surface area (Å²) < 4.78 is 19.5. The molecule has 1 aromatic carbocycles. The van der Waals surface area contributed by atoms with Crippen LogP contribution >= 0.6 is 0 Å². The van der Waals surface area contributed by atoms with Crippen LogP contribution in [0, 0.1) is 5.95 Å². The van der Waals surface area contributed by atoms with E-state index in [9.17, 15) is 4.39 Å². The molecule has 2 nitrogen and oxygen atoms in total. The van der Waals surface area contributed by atoms with E-state index in [1.807, 2.05) is 18.2 Å². The van der Waals surface area contributed by atoms with Crippen molar-refractivity contribution in [2.24, 2.45) is 0 Å². The van der Waals surface area contributed by atoms with Crippen molar-refractivity contribution in [3.8, 4) is 0 Å². The first-order valence-corrected chi connectivity index (χ1v) is 8.93. The van der Waals surface area contributed by atoms with Gasteiger partial charge in [-0.3, -0.25) is 0 Å². The van der Waals surface area contributed by atoms with Gasteiger partial charge in [0.25, 0.3) is 0 Å². The topological polar surface area (TPSA) is 22.1 Å². The molecule has 0 saturated carbocycles. The van der Waals surface area contributed by atoms with E-state index in [2.05, 4.69) is 48.3 Å². The summed E-state index contributed by atoms with van der Waals surface area (Å²) in [6.07, 6.45) is 13.3. The molecule has 0 unspecified atom stereocenters. The maximum Gasteiger partial charge on any atom is 0.212 e. The molecule has 25 heavy (non-hydrogen) atoms. The van der Waals surface area contributed by atoms with Gasteiger partial charge >= 0.3 is 0 Å². The molecule has 0 spiro atoms. The lowest BCUT2D eigenvalue weighted by molar-refractivity contribution is 0.0208. The second-order valence-electron chi connectivity index (χ2n) is 6.37. The standard InChI is InChI=1S/C22H24FNO/c1-2-3-7-16-25-22(20-10-11-21(23)24-17-20)14-12-19(13-15-22)18-8-5-4-6-9-18/h4-6,8-15,17,19H,2-3,7,16H2,1H3. The highest BCUT2D eigenvalue weighted by atomic mass is 19.1. The molecular formula is C22H24FNO. The van der Waals surface area contributed by atoms with Crippen molar-refractivity contribution in [3.05, 3.63) is 90.0 Å². The quantitative estimate of drug-likeness (QED) is 0.376. The van der Waals surface area contributed by atoms with Crippen LogP contribution in [0.3, 0.4) is 0 Å². The van der Waals surface area contributed by atoms with Crippen molar-refractivity contribution in [2.75, 3.05) is 6.61 Å². The molecule has 0 atom stereocenters. The van der Waals surface area contributed by atoms with Crippen LogP contribution in [-0.2, 0) is 10.3 Å². The van der Waals surface area contributed by atoms with E-state index in [4.69, 9.17) is 4.74 Å². The maximum absolute atomic E-state index is 13.2. The molecule has 1 aliphatic rings. The minimum atomic E-state index is -0.667. The van der Waals surface area contributed by atoms with Crippen LogP contribution < -0.4 is 0 Å². The Morgan fingerprint density at radius 2 is 1.80 bits per heavy atom. The summed E-state index contributed by atoms with van der Waals surface area (Å²) in [5, 5.41) is 0. The number of hydrogen-bond donors (Lipinski definition) is 0. The summed E-state index contributed by atoms with van der Waals surface area (Å²) in [4.78, 5) is 3.81. The third-order valence-electron chi connectivity index (χ3n) is 4.55. The van der Waals surface area contributed by atoms with Crippen LogP contribution in [-0.4, -0.2) is 11.6 Å². The molecule has 0 aliphatic heterocycles. The largest absolute Gasteiger partial charge is 0.362 e. The van der Waals surface area contributed by atoms with Gasteiger partial charge in [-0.1, -0.05) is 62.2 Å². The minimum absolute atomic E-state index is 0.224. The average Bonchev–Trinajstić information content (AvgIpc) is 2.67. The lowest BCUT2D eigenvalue weighted by Crippen LogP contribution is -2.28. The van der Waals surface area contributed by atoms with Gasteiger partial charge in [0.2, 0.25) is 5.95 Å². The summed E-state index contributed by atoms with van der Waals surface area (Å²) in [5.41, 5.74) is 1.43. The van der Waals surface area contributed by atoms with Gasteiger partial charge in [-0.2, -0.15) is 4.39 Å². The molecule has 3 rings (SSSR count). The van der Waals surface area contributed by atoms with Crippen LogP contribution in [0.15, 0.2) is 73.0 Å². The van der Waals surface area contributed by atoms with Crippen LogP contribution in [0.2, 0.25) is 0 Å². The van der Waals surface area contributed by atoms with E-state index in [-0.39, 0.29) is 5.92 Å². The van der Waals surface area contributed by atoms with Crippen molar-refractivity contribution >= 4 is 0 Å². The summed E-state index contributed by atoms with van der Waals surface area (Å²) in [6.45, 7) is 2.83. The van der Waals surface area contributed by atoms with E-state index >= 15 is 0 Å². The van der Waals surface area contributed by atoms with Crippen molar-refractivity contribution in [1.82, 2.24) is 4.98 Å². The molecule has 0 fully saturated rings. The number of nitrogens with zero attached hydrogens (tertiary/aromatic N) is 1. The normalized spacial score (nSPS) is 22.2. The summed E-state index contributed by atoms with van der Waals surface area (Å²) in [6, 6.07) is 13.5. The summed E-state index contributed by atoms with van der Waals surface area (Å²) in [5.74, 6) is -0.252. The van der Waals surface area contributed by atoms with E-state index in [1.54, 1.807) is 12.3 Å². The first-order valence-electron chi connectivity index (χ1n) is 8.93. The number of ether oxygens (including phenoxy) is 1. The van der Waals surface area contributed by atoms with Crippen LogP contribution in [0.5, 0.6) is 0 Å². The fourth-order valence-corrected chi connectivity index (χ4v) is 3.08. The number of benzene rings is 1. The highest BCUT2D eigenvalue weighted by molar-refractivity contribution is 5.40. The number of halogens is 1. The van der Waals surface area contributed by atoms with Crippen LogP contribution in [0.4, 0.5) is 4.39 Å². The van der Waals surface area contributed by atoms with E-state index in [0.717, 1.165) is 24.8 Å². The molecule has 0 saturated heterocycles. The number of unbranched alkanes of at least 4 members (excludes halogenated alkanes) is 2. The minimum Gasteiger partial charge on any atom is -0.362 e. The molecule has 0 radical (unpaired) electrons. The van der Waals surface area contributed by atoms with Crippen molar-refractivity contribution < 1.29 is 9.13 Å². The molecule has 0 N–H and O–H groups in total. The van der Waals surface area contributed by atoms with Crippen molar-refractivity contribution in [3.63, 3.8) is 0 Å². The van der Waals surface area contributed by atoms with Gasteiger partial charge in [0.15, 0.2) is 0 Å². The molecular weight excluding hydrogens is 313 g/mol. The smallest absolute Gasteiger partial charge is 0.212 e. The Morgan fingerprint density at radius 1 is 1.04 bits per heavy atom. The zero-order chi connectivity index (χ0) is 17.5. The number of rotatable bonds is 7. The van der Waals surface area contributed by atoms with Gasteiger partial charge in [0.05, 0.1) is 0 Å². The number of aromatic nitrogens is 1. The Kier molecular flexibility index (Phi) is 5.77. The molecule has 0 bridgehead atoms. The zero-order valence-corrected chi connectivity index (χ0v) is 14.6. The first kappa shape index (κ1) is 17.6. The Bertz CT molecular complexity index is 707. The number of pyridine rings is 1. The van der Waals surface area contributed by atoms with Gasteiger partial charge in [-0.05, 0) is 36.3 Å². The number of hydrogen-bond acceptors (Lipinski definition) is 2. The Balaban J connectivity index is 1.83. The van der Waals surface area contributed by atoms with Gasteiger partial charge in [-0.15, -0.1) is 0 Å². The lowest BCUT2D eigenvalue weighted by atomic mass is 9.84. The van der Waals surface area contributed by atoms with Crippen LogP contribution in [0.25, 0.3) is 0 Å². The van der Waals surface area contributed by atoms with Crippen molar-refractivity contribution in [2.45, 2.75) is 37.7 Å². The van der Waals surface area contributed by atoms with Gasteiger partial charge in [-0.25, -0.2) is 4.98 Å². The molecule has 0 amide bonds. The predicted molar refractivity (Wildman–Crippen MR) is 98.8 cm³/mol. The fraction of sp³-hybridized carbons (Fsp3) is 0.318. The maximum atomic E-state index is 13.2. The number of allylic oxidation sites excluding steroid dienone is 2. The van der Waals surface area contributed by atoms with Crippen molar-refractivity contribution in [1.29, 1.82) is 0 Å². The third kappa shape index (κ3) is 4.23. The molecule has 130 valence electrons. The summed E-state index contributed by atoms with van der Waals surface area (Å²) in [7, 11) is 0. The van der Waals surface area contributed by atoms with Gasteiger partial charge < -0.3 is 4.74 Å². The first-order chi connectivity index (χ1) is 12.2. The lowest BCUT2D eigenvalue weighted by Gasteiger charge is -2.32. The third-order valence-corrected chi connectivity index (χ3v) is 4.55. The molecule has 2 aromatic rings. The Labute approximate surface area is 149 Å². The van der Waals surface area contributed by atoms with Gasteiger partial charge in [0, 0.05) is 24.3 Å². The highest BCUT2D eigenvalue weighted by Gasteiger charge is 2.30. The highest BCUT2D eigenvalue weighted by Crippen LogP contribution is 2.36. The second-order valence-corrected chi connectivity index (χ2v) is 6.37. The second kappa shape index (κ2) is 8.21. The Hall–Kier alpha value is -2.26. The van der Waals surface area contributed by atoms with E-state index in [1.165, 1.54) is 11.6 Å². The van der Waals surface area contributed by atoms with E-state index in [0.29, 0.717) is 6.61 Å². The SMILES string of the molecule is CCCCCOC1(c2ccc(F)nc2)C=CC(c2ccccc2)C=C1. The molecule has 3 heteroatoms. The fourth-order valence-electron chi connectivity index (χ4n) is 3.08. The van der Waals surface area contributed by atoms with E-state index < -0.39 is 11.5 Å². The monoisotopic (exact) mass is 337 g/mol.